The highest BCUT2D eigenvalue weighted by atomic mass is 79.9. The highest BCUT2D eigenvalue weighted by Crippen LogP contribution is 2.37. The van der Waals surface area contributed by atoms with Gasteiger partial charge in [0.25, 0.3) is 0 Å². The van der Waals surface area contributed by atoms with E-state index in [1.807, 2.05) is 6.07 Å². The molecule has 0 bridgehead atoms. The molecule has 0 spiro atoms. The van der Waals surface area contributed by atoms with Crippen LogP contribution in [0.3, 0.4) is 0 Å². The second-order valence-corrected chi connectivity index (χ2v) is 6.59. The van der Waals surface area contributed by atoms with Crippen molar-refractivity contribution >= 4 is 15.9 Å². The van der Waals surface area contributed by atoms with Crippen molar-refractivity contribution in [3.05, 3.63) is 28.2 Å². The summed E-state index contributed by atoms with van der Waals surface area (Å²) in [5, 5.41) is 10.8. The van der Waals surface area contributed by atoms with Crippen LogP contribution in [0.25, 0.3) is 0 Å². The van der Waals surface area contributed by atoms with Gasteiger partial charge in [0, 0.05) is 6.42 Å². The number of benzene rings is 1. The fraction of sp³-hybridized carbons (Fsp3) is 0.625. The average molecular weight is 327 g/mol. The van der Waals surface area contributed by atoms with Gasteiger partial charge in [0.2, 0.25) is 0 Å². The summed E-state index contributed by atoms with van der Waals surface area (Å²) in [6.45, 7) is 2.22. The molecule has 1 aliphatic rings. The second kappa shape index (κ2) is 6.27. The average Bonchev–Trinajstić information content (AvgIpc) is 2.38. The lowest BCUT2D eigenvalue weighted by Gasteiger charge is -2.36. The van der Waals surface area contributed by atoms with E-state index in [0.29, 0.717) is 5.92 Å². The first kappa shape index (κ1) is 14.9. The summed E-state index contributed by atoms with van der Waals surface area (Å²) in [4.78, 5) is 0. The summed E-state index contributed by atoms with van der Waals surface area (Å²) in [5.41, 5.74) is 0.652. The molecule has 0 saturated heterocycles. The molecule has 1 N–H and O–H groups in total. The minimum Gasteiger partial charge on any atom is -0.496 e. The molecule has 2 unspecified atom stereocenters. The lowest BCUT2D eigenvalue weighted by Crippen LogP contribution is -2.37. The number of hydrogen-bond acceptors (Lipinski definition) is 2. The van der Waals surface area contributed by atoms with Crippen LogP contribution in [-0.2, 0) is 6.42 Å². The van der Waals surface area contributed by atoms with Crippen LogP contribution in [0, 0.1) is 5.92 Å². The first-order valence-electron chi connectivity index (χ1n) is 7.11. The van der Waals surface area contributed by atoms with Crippen molar-refractivity contribution in [3.8, 4) is 5.75 Å². The molecule has 0 aliphatic heterocycles. The lowest BCUT2D eigenvalue weighted by molar-refractivity contribution is -0.0162. The molecular weight excluding hydrogens is 304 g/mol. The van der Waals surface area contributed by atoms with E-state index in [1.54, 1.807) is 7.11 Å². The standard InChI is InChI=1S/C16H23BrO2/c1-3-12-5-4-8-16(18,10-12)11-13-6-7-15(19-2)14(17)9-13/h6-7,9,12,18H,3-5,8,10-11H2,1-2H3. The van der Waals surface area contributed by atoms with Gasteiger partial charge in [-0.05, 0) is 52.4 Å². The molecule has 1 aromatic carbocycles. The smallest absolute Gasteiger partial charge is 0.133 e. The Morgan fingerprint density at radius 1 is 1.47 bits per heavy atom. The molecule has 0 aromatic heterocycles. The Labute approximate surface area is 124 Å². The van der Waals surface area contributed by atoms with E-state index in [2.05, 4.69) is 35.0 Å². The number of rotatable bonds is 4. The van der Waals surface area contributed by atoms with Crippen molar-refractivity contribution < 1.29 is 9.84 Å². The Bertz CT molecular complexity index is 433. The summed E-state index contributed by atoms with van der Waals surface area (Å²) < 4.78 is 6.20. The molecule has 1 fully saturated rings. The minimum atomic E-state index is -0.521. The highest BCUT2D eigenvalue weighted by Gasteiger charge is 2.33. The molecule has 1 aromatic rings. The van der Waals surface area contributed by atoms with Crippen molar-refractivity contribution in [1.29, 1.82) is 0 Å². The van der Waals surface area contributed by atoms with Gasteiger partial charge in [-0.15, -0.1) is 0 Å². The predicted octanol–water partition coefficient (Wildman–Crippen LogP) is 4.33. The van der Waals surface area contributed by atoms with Crippen LogP contribution in [0.15, 0.2) is 22.7 Å². The molecule has 106 valence electrons. The maximum atomic E-state index is 10.8. The topological polar surface area (TPSA) is 29.5 Å². The molecule has 1 aliphatic carbocycles. The minimum absolute atomic E-state index is 0.521. The summed E-state index contributed by atoms with van der Waals surface area (Å²) >= 11 is 3.51. The number of methoxy groups -OCH3 is 1. The third kappa shape index (κ3) is 3.73. The van der Waals surface area contributed by atoms with Crippen LogP contribution >= 0.6 is 15.9 Å². The van der Waals surface area contributed by atoms with Gasteiger partial charge >= 0.3 is 0 Å². The zero-order valence-electron chi connectivity index (χ0n) is 11.8. The molecule has 0 heterocycles. The van der Waals surface area contributed by atoms with E-state index in [4.69, 9.17) is 4.74 Å². The van der Waals surface area contributed by atoms with Gasteiger partial charge in [-0.1, -0.05) is 32.3 Å². The first-order chi connectivity index (χ1) is 9.06. The Hall–Kier alpha value is -0.540. The molecule has 2 atom stereocenters. The van der Waals surface area contributed by atoms with Gasteiger partial charge in [-0.2, -0.15) is 0 Å². The molecule has 1 saturated carbocycles. The van der Waals surface area contributed by atoms with Crippen LogP contribution in [-0.4, -0.2) is 17.8 Å². The van der Waals surface area contributed by atoms with E-state index < -0.39 is 5.60 Å². The number of aliphatic hydroxyl groups is 1. The maximum absolute atomic E-state index is 10.8. The van der Waals surface area contributed by atoms with Crippen LogP contribution in [0.4, 0.5) is 0 Å². The molecule has 19 heavy (non-hydrogen) atoms. The van der Waals surface area contributed by atoms with Gasteiger partial charge in [0.1, 0.15) is 5.75 Å². The van der Waals surface area contributed by atoms with E-state index in [-0.39, 0.29) is 0 Å². The maximum Gasteiger partial charge on any atom is 0.133 e. The van der Waals surface area contributed by atoms with Crippen molar-refractivity contribution in [2.24, 2.45) is 5.92 Å². The van der Waals surface area contributed by atoms with Crippen LogP contribution in [0.5, 0.6) is 5.75 Å². The zero-order valence-corrected chi connectivity index (χ0v) is 13.4. The predicted molar refractivity (Wildman–Crippen MR) is 81.6 cm³/mol. The molecule has 0 amide bonds. The third-order valence-electron chi connectivity index (χ3n) is 4.25. The van der Waals surface area contributed by atoms with E-state index >= 15 is 0 Å². The molecule has 2 rings (SSSR count). The second-order valence-electron chi connectivity index (χ2n) is 5.74. The summed E-state index contributed by atoms with van der Waals surface area (Å²) in [5.74, 6) is 1.52. The van der Waals surface area contributed by atoms with Crippen LogP contribution < -0.4 is 4.74 Å². The normalized spacial score (nSPS) is 27.3. The van der Waals surface area contributed by atoms with Crippen molar-refractivity contribution in [3.63, 3.8) is 0 Å². The SMILES string of the molecule is CCC1CCCC(O)(Cc2ccc(OC)c(Br)c2)C1. The molecule has 2 nitrogen and oxygen atoms in total. The van der Waals surface area contributed by atoms with Crippen LogP contribution in [0.1, 0.15) is 44.6 Å². The van der Waals surface area contributed by atoms with Crippen LogP contribution in [0.2, 0.25) is 0 Å². The Kier molecular flexibility index (Phi) is 4.91. The van der Waals surface area contributed by atoms with Gasteiger partial charge in [0.15, 0.2) is 0 Å². The molecule has 0 radical (unpaired) electrons. The van der Waals surface area contributed by atoms with E-state index in [0.717, 1.165) is 35.9 Å². The summed E-state index contributed by atoms with van der Waals surface area (Å²) in [6.07, 6.45) is 6.19. The van der Waals surface area contributed by atoms with E-state index in [9.17, 15) is 5.11 Å². The molecular formula is C16H23BrO2. The summed E-state index contributed by atoms with van der Waals surface area (Å²) in [6, 6.07) is 6.08. The summed E-state index contributed by atoms with van der Waals surface area (Å²) in [7, 11) is 1.67. The molecule has 3 heteroatoms. The van der Waals surface area contributed by atoms with Gasteiger partial charge < -0.3 is 9.84 Å². The third-order valence-corrected chi connectivity index (χ3v) is 4.87. The van der Waals surface area contributed by atoms with Gasteiger partial charge in [-0.25, -0.2) is 0 Å². The first-order valence-corrected chi connectivity index (χ1v) is 7.90. The quantitative estimate of drug-likeness (QED) is 0.892. The van der Waals surface area contributed by atoms with Gasteiger partial charge in [0.05, 0.1) is 17.2 Å². The fourth-order valence-electron chi connectivity index (χ4n) is 3.17. The number of hydrogen-bond donors (Lipinski definition) is 1. The van der Waals surface area contributed by atoms with E-state index in [1.165, 1.54) is 18.4 Å². The monoisotopic (exact) mass is 326 g/mol. The highest BCUT2D eigenvalue weighted by molar-refractivity contribution is 9.10. The zero-order chi connectivity index (χ0) is 13.9. The Morgan fingerprint density at radius 2 is 2.26 bits per heavy atom. The Balaban J connectivity index is 2.09. The van der Waals surface area contributed by atoms with Crippen molar-refractivity contribution in [2.45, 2.75) is 51.0 Å². The van der Waals surface area contributed by atoms with Gasteiger partial charge in [-0.3, -0.25) is 0 Å². The fourth-order valence-corrected chi connectivity index (χ4v) is 3.76. The Morgan fingerprint density at radius 3 is 2.89 bits per heavy atom. The lowest BCUT2D eigenvalue weighted by atomic mass is 9.74. The largest absolute Gasteiger partial charge is 0.496 e. The number of halogens is 1. The number of ether oxygens (including phenoxy) is 1. The van der Waals surface area contributed by atoms with Crippen molar-refractivity contribution in [1.82, 2.24) is 0 Å². The van der Waals surface area contributed by atoms with Crippen molar-refractivity contribution in [2.75, 3.05) is 7.11 Å².